The fourth-order valence-electron chi connectivity index (χ4n) is 3.46. The standard InChI is InChI=1S/C25H48O6.K.H/c1-3-5-7-9-10-11-12-13-14-15-17-19-24(28)31-23(18-16-8-6-4-2)25(29)30-21-22(27)20-26;;/h22-23,26-27H,3-21H2,1-2H3;;. The zero-order valence-electron chi connectivity index (χ0n) is 20.1. The summed E-state index contributed by atoms with van der Waals surface area (Å²) in [6.45, 7) is 3.57. The van der Waals surface area contributed by atoms with E-state index in [0.29, 0.717) is 12.8 Å². The topological polar surface area (TPSA) is 93.1 Å². The summed E-state index contributed by atoms with van der Waals surface area (Å²) in [6, 6.07) is 0. The van der Waals surface area contributed by atoms with Gasteiger partial charge in [0, 0.05) is 6.42 Å². The minimum absolute atomic E-state index is 0. The van der Waals surface area contributed by atoms with Gasteiger partial charge in [0.25, 0.3) is 0 Å². The Balaban J connectivity index is 0. The van der Waals surface area contributed by atoms with Crippen LogP contribution in [-0.2, 0) is 19.1 Å². The van der Waals surface area contributed by atoms with Crippen LogP contribution in [0.25, 0.3) is 0 Å². The van der Waals surface area contributed by atoms with Crippen LogP contribution in [0.15, 0.2) is 0 Å². The van der Waals surface area contributed by atoms with E-state index in [1.807, 2.05) is 0 Å². The molecule has 0 aliphatic heterocycles. The van der Waals surface area contributed by atoms with E-state index >= 15 is 0 Å². The maximum atomic E-state index is 12.2. The first-order valence-electron chi connectivity index (χ1n) is 12.7. The number of aliphatic hydroxyl groups is 2. The molecule has 0 aromatic rings. The van der Waals surface area contributed by atoms with Gasteiger partial charge in [0.1, 0.15) is 12.7 Å². The molecule has 186 valence electrons. The van der Waals surface area contributed by atoms with Crippen molar-refractivity contribution in [2.24, 2.45) is 0 Å². The van der Waals surface area contributed by atoms with Gasteiger partial charge < -0.3 is 19.7 Å². The second-order valence-corrected chi connectivity index (χ2v) is 8.58. The molecule has 0 amide bonds. The van der Waals surface area contributed by atoms with Crippen LogP contribution in [-0.4, -0.2) is 99.0 Å². The Labute approximate surface area is 239 Å². The van der Waals surface area contributed by atoms with E-state index in [1.54, 1.807) is 0 Å². The van der Waals surface area contributed by atoms with E-state index in [-0.39, 0.29) is 64.0 Å². The van der Waals surface area contributed by atoms with Gasteiger partial charge >= 0.3 is 63.3 Å². The number of ether oxygens (including phenoxy) is 2. The van der Waals surface area contributed by atoms with Gasteiger partial charge in [0.05, 0.1) is 6.61 Å². The first kappa shape index (κ1) is 34.7. The van der Waals surface area contributed by atoms with Crippen molar-refractivity contribution in [3.63, 3.8) is 0 Å². The summed E-state index contributed by atoms with van der Waals surface area (Å²) >= 11 is 0. The van der Waals surface area contributed by atoms with E-state index < -0.39 is 24.8 Å². The van der Waals surface area contributed by atoms with E-state index in [1.165, 1.54) is 51.4 Å². The predicted molar refractivity (Wildman–Crippen MR) is 131 cm³/mol. The van der Waals surface area contributed by atoms with Crippen molar-refractivity contribution >= 4 is 63.3 Å². The average molecular weight is 485 g/mol. The number of hydrogen-bond donors (Lipinski definition) is 2. The molecule has 7 heteroatoms. The Bertz CT molecular complexity index is 433. The van der Waals surface area contributed by atoms with Crippen molar-refractivity contribution in [3.8, 4) is 0 Å². The normalized spacial score (nSPS) is 12.6. The average Bonchev–Trinajstić information content (AvgIpc) is 2.77. The zero-order valence-corrected chi connectivity index (χ0v) is 20.1. The summed E-state index contributed by atoms with van der Waals surface area (Å²) in [5.74, 6) is -1.01. The van der Waals surface area contributed by atoms with E-state index in [0.717, 1.165) is 44.9 Å². The fourth-order valence-corrected chi connectivity index (χ4v) is 3.46. The molecule has 2 atom stereocenters. The van der Waals surface area contributed by atoms with Gasteiger partial charge in [-0.05, 0) is 19.3 Å². The van der Waals surface area contributed by atoms with Crippen LogP contribution in [0.4, 0.5) is 0 Å². The number of aliphatic hydroxyl groups excluding tert-OH is 2. The third-order valence-electron chi connectivity index (χ3n) is 5.47. The molecule has 0 heterocycles. The van der Waals surface area contributed by atoms with Crippen molar-refractivity contribution in [2.75, 3.05) is 13.2 Å². The summed E-state index contributed by atoms with van der Waals surface area (Å²) < 4.78 is 10.4. The molecular weight excluding hydrogens is 435 g/mol. The molecule has 0 aliphatic rings. The first-order valence-corrected chi connectivity index (χ1v) is 12.7. The van der Waals surface area contributed by atoms with Crippen molar-refractivity contribution in [1.82, 2.24) is 0 Å². The molecule has 6 nitrogen and oxygen atoms in total. The summed E-state index contributed by atoms with van der Waals surface area (Å²) in [4.78, 5) is 24.4. The Morgan fingerprint density at radius 2 is 1.22 bits per heavy atom. The monoisotopic (exact) mass is 484 g/mol. The molecule has 0 aliphatic carbocycles. The number of carbonyl (C=O) groups excluding carboxylic acids is 2. The molecule has 2 N–H and O–H groups in total. The Morgan fingerprint density at radius 3 is 1.72 bits per heavy atom. The summed E-state index contributed by atoms with van der Waals surface area (Å²) in [6.07, 6.45) is 15.9. The zero-order chi connectivity index (χ0) is 23.2. The Morgan fingerprint density at radius 1 is 0.750 bits per heavy atom. The molecule has 0 rings (SSSR count). The minimum atomic E-state index is -1.11. The van der Waals surface area contributed by atoms with Crippen molar-refractivity contribution in [3.05, 3.63) is 0 Å². The van der Waals surface area contributed by atoms with Crippen LogP contribution in [0.1, 0.15) is 123 Å². The molecule has 2 unspecified atom stereocenters. The van der Waals surface area contributed by atoms with Crippen LogP contribution in [0.5, 0.6) is 0 Å². The van der Waals surface area contributed by atoms with Crippen molar-refractivity contribution in [2.45, 2.75) is 135 Å². The van der Waals surface area contributed by atoms with Crippen LogP contribution < -0.4 is 0 Å². The molecule has 32 heavy (non-hydrogen) atoms. The molecule has 0 radical (unpaired) electrons. The Kier molecular flexibility index (Phi) is 28.3. The van der Waals surface area contributed by atoms with Gasteiger partial charge in [-0.1, -0.05) is 97.3 Å². The summed E-state index contributed by atoms with van der Waals surface area (Å²) in [5.41, 5.74) is 0. The van der Waals surface area contributed by atoms with Crippen molar-refractivity contribution < 1.29 is 29.3 Å². The molecule has 0 saturated carbocycles. The summed E-state index contributed by atoms with van der Waals surface area (Å²) in [7, 11) is 0. The number of hydrogen-bond acceptors (Lipinski definition) is 6. The first-order chi connectivity index (χ1) is 15.0. The quantitative estimate of drug-likeness (QED) is 0.130. The fraction of sp³-hybridized carbons (Fsp3) is 0.920. The number of unbranched alkanes of at least 4 members (excludes halogenated alkanes) is 13. The van der Waals surface area contributed by atoms with Crippen molar-refractivity contribution in [1.29, 1.82) is 0 Å². The third kappa shape index (κ3) is 22.3. The van der Waals surface area contributed by atoms with Crippen LogP contribution in [0, 0.1) is 0 Å². The predicted octanol–water partition coefficient (Wildman–Crippen LogP) is 4.82. The molecule has 0 spiro atoms. The van der Waals surface area contributed by atoms with Crippen LogP contribution in [0.2, 0.25) is 0 Å². The van der Waals surface area contributed by atoms with Crippen LogP contribution >= 0.6 is 0 Å². The van der Waals surface area contributed by atoms with E-state index in [4.69, 9.17) is 14.6 Å². The Hall–Kier alpha value is 0.496. The van der Waals surface area contributed by atoms with E-state index in [2.05, 4.69) is 13.8 Å². The number of esters is 2. The van der Waals surface area contributed by atoms with Gasteiger partial charge in [-0.15, -0.1) is 0 Å². The number of rotatable bonds is 22. The van der Waals surface area contributed by atoms with Gasteiger partial charge in [-0.2, -0.15) is 0 Å². The van der Waals surface area contributed by atoms with E-state index in [9.17, 15) is 14.7 Å². The van der Waals surface area contributed by atoms with Gasteiger partial charge in [0.2, 0.25) is 0 Å². The molecule has 0 aromatic carbocycles. The second kappa shape index (κ2) is 26.1. The number of carbonyl (C=O) groups is 2. The second-order valence-electron chi connectivity index (χ2n) is 8.58. The molecular formula is C25H49KO6. The van der Waals surface area contributed by atoms with Gasteiger partial charge in [0.15, 0.2) is 6.10 Å². The van der Waals surface area contributed by atoms with Crippen LogP contribution in [0.3, 0.4) is 0 Å². The van der Waals surface area contributed by atoms with Gasteiger partial charge in [-0.3, -0.25) is 4.79 Å². The molecule has 0 fully saturated rings. The molecule has 0 saturated heterocycles. The third-order valence-corrected chi connectivity index (χ3v) is 5.47. The molecule has 0 aromatic heterocycles. The maximum absolute atomic E-state index is 12.2. The summed E-state index contributed by atoms with van der Waals surface area (Å²) in [5, 5.41) is 18.2. The van der Waals surface area contributed by atoms with Gasteiger partial charge in [-0.25, -0.2) is 4.79 Å². The SMILES string of the molecule is CCCCCCCCCCCCCC(=O)OC(CCCCCC)C(=O)OCC(O)CO.[KH]. The molecule has 0 bridgehead atoms.